The first-order valence-corrected chi connectivity index (χ1v) is 6.61. The molecular formula is C16H16F3NO. The molecule has 5 heteroatoms. The summed E-state index contributed by atoms with van der Waals surface area (Å²) in [4.78, 5) is 11.1. The number of benzene rings is 1. The number of aldehydes is 1. The van der Waals surface area contributed by atoms with E-state index >= 15 is 0 Å². The molecular weight excluding hydrogens is 279 g/mol. The number of carbonyl (C=O) groups is 1. The SMILES string of the molecule is Cc1c(C=O)cc(C(C)C)n1-c1ccccc1C(F)(F)F. The summed E-state index contributed by atoms with van der Waals surface area (Å²) in [5.41, 5.74) is 0.967. The number of halogens is 3. The van der Waals surface area contributed by atoms with Gasteiger partial charge in [-0.05, 0) is 31.0 Å². The molecule has 0 saturated heterocycles. The quantitative estimate of drug-likeness (QED) is 0.750. The second kappa shape index (κ2) is 5.39. The number of hydrogen-bond donors (Lipinski definition) is 0. The van der Waals surface area contributed by atoms with Gasteiger partial charge in [0, 0.05) is 17.0 Å². The second-order valence-corrected chi connectivity index (χ2v) is 5.23. The molecule has 0 N–H and O–H groups in total. The Bertz CT molecular complexity index is 669. The molecule has 0 saturated carbocycles. The van der Waals surface area contributed by atoms with Crippen LogP contribution >= 0.6 is 0 Å². The van der Waals surface area contributed by atoms with Gasteiger partial charge in [-0.15, -0.1) is 0 Å². The van der Waals surface area contributed by atoms with Crippen molar-refractivity contribution in [1.82, 2.24) is 4.57 Å². The molecule has 0 aliphatic carbocycles. The Kier molecular flexibility index (Phi) is 3.94. The molecule has 2 aromatic rings. The van der Waals surface area contributed by atoms with Gasteiger partial charge < -0.3 is 4.57 Å². The summed E-state index contributed by atoms with van der Waals surface area (Å²) < 4.78 is 41.1. The Morgan fingerprint density at radius 1 is 1.19 bits per heavy atom. The monoisotopic (exact) mass is 295 g/mol. The number of alkyl halides is 3. The van der Waals surface area contributed by atoms with Crippen LogP contribution in [0.2, 0.25) is 0 Å². The van der Waals surface area contributed by atoms with E-state index in [2.05, 4.69) is 0 Å². The molecule has 0 spiro atoms. The topological polar surface area (TPSA) is 22.0 Å². The Hall–Kier alpha value is -2.04. The maximum absolute atomic E-state index is 13.2. The fourth-order valence-electron chi connectivity index (χ4n) is 2.42. The highest BCUT2D eigenvalue weighted by Crippen LogP contribution is 2.36. The highest BCUT2D eigenvalue weighted by molar-refractivity contribution is 5.78. The number of carbonyl (C=O) groups excluding carboxylic acids is 1. The van der Waals surface area contributed by atoms with Crippen molar-refractivity contribution in [2.24, 2.45) is 0 Å². The third kappa shape index (κ3) is 2.73. The van der Waals surface area contributed by atoms with Crippen molar-refractivity contribution in [3.8, 4) is 5.69 Å². The third-order valence-corrected chi connectivity index (χ3v) is 3.48. The smallest absolute Gasteiger partial charge is 0.317 e. The summed E-state index contributed by atoms with van der Waals surface area (Å²) >= 11 is 0. The average molecular weight is 295 g/mol. The lowest BCUT2D eigenvalue weighted by Crippen LogP contribution is -2.13. The normalized spacial score (nSPS) is 12.0. The molecule has 0 bridgehead atoms. The van der Waals surface area contributed by atoms with Crippen molar-refractivity contribution in [2.45, 2.75) is 32.9 Å². The molecule has 21 heavy (non-hydrogen) atoms. The molecule has 0 amide bonds. The predicted octanol–water partition coefficient (Wildman–Crippen LogP) is 4.74. The predicted molar refractivity (Wildman–Crippen MR) is 75.0 cm³/mol. The number of rotatable bonds is 3. The summed E-state index contributed by atoms with van der Waals surface area (Å²) in [6.07, 6.45) is -3.77. The summed E-state index contributed by atoms with van der Waals surface area (Å²) in [5.74, 6) is -0.00121. The lowest BCUT2D eigenvalue weighted by molar-refractivity contribution is -0.137. The molecule has 1 heterocycles. The number of hydrogen-bond acceptors (Lipinski definition) is 1. The van der Waals surface area contributed by atoms with E-state index in [1.165, 1.54) is 16.7 Å². The molecule has 2 nitrogen and oxygen atoms in total. The Morgan fingerprint density at radius 3 is 2.33 bits per heavy atom. The highest BCUT2D eigenvalue weighted by Gasteiger charge is 2.34. The van der Waals surface area contributed by atoms with Crippen LogP contribution in [0.3, 0.4) is 0 Å². The van der Waals surface area contributed by atoms with Crippen molar-refractivity contribution in [3.63, 3.8) is 0 Å². The first-order valence-electron chi connectivity index (χ1n) is 6.61. The van der Waals surface area contributed by atoms with Crippen LogP contribution in [0.15, 0.2) is 30.3 Å². The maximum Gasteiger partial charge on any atom is 0.418 e. The van der Waals surface area contributed by atoms with Crippen molar-refractivity contribution in [2.75, 3.05) is 0 Å². The van der Waals surface area contributed by atoms with Gasteiger partial charge in [0.1, 0.15) is 0 Å². The van der Waals surface area contributed by atoms with E-state index in [0.29, 0.717) is 23.2 Å². The minimum Gasteiger partial charge on any atom is -0.317 e. The van der Waals surface area contributed by atoms with E-state index in [9.17, 15) is 18.0 Å². The molecule has 0 unspecified atom stereocenters. The van der Waals surface area contributed by atoms with Crippen LogP contribution < -0.4 is 0 Å². The maximum atomic E-state index is 13.2. The summed E-state index contributed by atoms with van der Waals surface area (Å²) in [6.45, 7) is 5.43. The Morgan fingerprint density at radius 2 is 1.81 bits per heavy atom. The Labute approximate surface area is 121 Å². The van der Waals surface area contributed by atoms with Crippen LogP contribution in [0.4, 0.5) is 13.2 Å². The molecule has 0 radical (unpaired) electrons. The fourth-order valence-corrected chi connectivity index (χ4v) is 2.42. The number of para-hydroxylation sites is 1. The molecule has 112 valence electrons. The third-order valence-electron chi connectivity index (χ3n) is 3.48. The first-order chi connectivity index (χ1) is 9.77. The standard InChI is InChI=1S/C16H16F3NO/c1-10(2)15-8-12(9-21)11(3)20(15)14-7-5-4-6-13(14)16(17,18)19/h4-10H,1-3H3. The molecule has 1 aromatic heterocycles. The van der Waals surface area contributed by atoms with Gasteiger partial charge in [0.15, 0.2) is 6.29 Å². The van der Waals surface area contributed by atoms with Crippen LogP contribution in [0, 0.1) is 6.92 Å². The minimum atomic E-state index is -4.44. The van der Waals surface area contributed by atoms with E-state index in [1.54, 1.807) is 19.1 Å². The van der Waals surface area contributed by atoms with Crippen LogP contribution in [0.1, 0.15) is 47.1 Å². The zero-order valence-electron chi connectivity index (χ0n) is 12.0. The molecule has 0 aliphatic rings. The number of aromatic nitrogens is 1. The van der Waals surface area contributed by atoms with Crippen molar-refractivity contribution in [1.29, 1.82) is 0 Å². The van der Waals surface area contributed by atoms with Gasteiger partial charge in [0.2, 0.25) is 0 Å². The van der Waals surface area contributed by atoms with E-state index < -0.39 is 11.7 Å². The van der Waals surface area contributed by atoms with Gasteiger partial charge in [-0.3, -0.25) is 4.79 Å². The van der Waals surface area contributed by atoms with E-state index in [1.807, 2.05) is 13.8 Å². The molecule has 0 fully saturated rings. The van der Waals surface area contributed by atoms with Gasteiger partial charge in [-0.25, -0.2) is 0 Å². The van der Waals surface area contributed by atoms with Gasteiger partial charge in [-0.1, -0.05) is 26.0 Å². The Balaban J connectivity index is 2.79. The van der Waals surface area contributed by atoms with E-state index in [4.69, 9.17) is 0 Å². The zero-order valence-corrected chi connectivity index (χ0v) is 12.0. The minimum absolute atomic E-state index is 0.00121. The number of nitrogens with zero attached hydrogens (tertiary/aromatic N) is 1. The van der Waals surface area contributed by atoms with Gasteiger partial charge in [0.25, 0.3) is 0 Å². The van der Waals surface area contributed by atoms with E-state index in [0.717, 1.165) is 6.07 Å². The van der Waals surface area contributed by atoms with Crippen molar-refractivity contribution >= 4 is 6.29 Å². The van der Waals surface area contributed by atoms with Crippen molar-refractivity contribution in [3.05, 3.63) is 52.8 Å². The van der Waals surface area contributed by atoms with Crippen LogP contribution in [0.5, 0.6) is 0 Å². The van der Waals surface area contributed by atoms with E-state index in [-0.39, 0.29) is 11.6 Å². The first kappa shape index (κ1) is 15.4. The lowest BCUT2D eigenvalue weighted by Gasteiger charge is -2.19. The molecule has 0 atom stereocenters. The zero-order chi connectivity index (χ0) is 15.8. The van der Waals surface area contributed by atoms with Crippen LogP contribution in [-0.4, -0.2) is 10.9 Å². The van der Waals surface area contributed by atoms with Crippen molar-refractivity contribution < 1.29 is 18.0 Å². The fraction of sp³-hybridized carbons (Fsp3) is 0.312. The van der Waals surface area contributed by atoms with Crippen LogP contribution in [0.25, 0.3) is 5.69 Å². The van der Waals surface area contributed by atoms with Crippen LogP contribution in [-0.2, 0) is 6.18 Å². The lowest BCUT2D eigenvalue weighted by atomic mass is 10.1. The largest absolute Gasteiger partial charge is 0.418 e. The van der Waals surface area contributed by atoms with Gasteiger partial charge in [0.05, 0.1) is 11.3 Å². The summed E-state index contributed by atoms with van der Waals surface area (Å²) in [7, 11) is 0. The summed E-state index contributed by atoms with van der Waals surface area (Å²) in [6, 6.07) is 7.06. The second-order valence-electron chi connectivity index (χ2n) is 5.23. The molecule has 2 rings (SSSR count). The molecule has 0 aliphatic heterocycles. The summed E-state index contributed by atoms with van der Waals surface area (Å²) in [5, 5.41) is 0. The van der Waals surface area contributed by atoms with Gasteiger partial charge in [-0.2, -0.15) is 13.2 Å². The molecule has 1 aromatic carbocycles. The van der Waals surface area contributed by atoms with Gasteiger partial charge >= 0.3 is 6.18 Å². The highest BCUT2D eigenvalue weighted by atomic mass is 19.4. The average Bonchev–Trinajstić information content (AvgIpc) is 2.75.